The molecule has 1 aliphatic rings. The van der Waals surface area contributed by atoms with E-state index in [1.807, 2.05) is 62.4 Å². The van der Waals surface area contributed by atoms with Crippen LogP contribution in [0.25, 0.3) is 11.6 Å². The van der Waals surface area contributed by atoms with Crippen LogP contribution in [0.3, 0.4) is 0 Å². The Morgan fingerprint density at radius 1 is 0.833 bits per heavy atom. The zero-order valence-corrected chi connectivity index (χ0v) is 22.9. The molecule has 3 aromatic carbocycles. The van der Waals surface area contributed by atoms with Crippen molar-refractivity contribution in [2.45, 2.75) is 84.7 Å². The average molecular weight is 481 g/mol. The zero-order valence-electron chi connectivity index (χ0n) is 22.9. The first-order chi connectivity index (χ1) is 16.9. The van der Waals surface area contributed by atoms with Crippen LogP contribution in [0.2, 0.25) is 0 Å². The maximum atomic E-state index is 12.8. The van der Waals surface area contributed by atoms with Crippen molar-refractivity contribution in [2.24, 2.45) is 0 Å². The summed E-state index contributed by atoms with van der Waals surface area (Å²) in [5, 5.41) is 0. The Hall–Kier alpha value is -3.13. The monoisotopic (exact) mass is 480 g/mol. The molecule has 0 unspecified atom stereocenters. The number of hydrogen-bond acceptors (Lipinski definition) is 2. The van der Waals surface area contributed by atoms with Crippen LogP contribution in [0.4, 0.5) is 0 Å². The topological polar surface area (TPSA) is 26.3 Å². The third-order valence-electron chi connectivity index (χ3n) is 7.58. The fourth-order valence-electron chi connectivity index (χ4n) is 5.18. The van der Waals surface area contributed by atoms with Crippen LogP contribution in [0, 0.1) is 0 Å². The molecule has 2 nitrogen and oxygen atoms in total. The van der Waals surface area contributed by atoms with E-state index in [9.17, 15) is 4.79 Å². The molecule has 0 saturated heterocycles. The lowest BCUT2D eigenvalue weighted by Crippen LogP contribution is -2.33. The molecule has 2 heteroatoms. The van der Waals surface area contributed by atoms with Crippen LogP contribution in [-0.2, 0) is 17.3 Å². The Morgan fingerprint density at radius 3 is 2.03 bits per heavy atom. The molecular weight excluding hydrogens is 440 g/mol. The van der Waals surface area contributed by atoms with Gasteiger partial charge in [-0.05, 0) is 90.0 Å². The van der Waals surface area contributed by atoms with E-state index >= 15 is 0 Å². The Bertz CT molecular complexity index is 1260. The highest BCUT2D eigenvalue weighted by molar-refractivity contribution is 5.97. The Morgan fingerprint density at radius 2 is 1.42 bits per heavy atom. The van der Waals surface area contributed by atoms with Crippen LogP contribution < -0.4 is 4.74 Å². The van der Waals surface area contributed by atoms with Crippen molar-refractivity contribution in [1.82, 2.24) is 0 Å². The van der Waals surface area contributed by atoms with Gasteiger partial charge in [0.15, 0.2) is 5.78 Å². The molecule has 0 bridgehead atoms. The number of allylic oxidation sites excluding steroid dienone is 1. The van der Waals surface area contributed by atoms with Gasteiger partial charge in [0.1, 0.15) is 5.75 Å². The molecule has 0 aromatic heterocycles. The molecule has 0 N–H and O–H groups in total. The van der Waals surface area contributed by atoms with Crippen molar-refractivity contribution >= 4 is 17.4 Å². The van der Waals surface area contributed by atoms with Crippen LogP contribution in [-0.4, -0.2) is 11.9 Å². The molecule has 188 valence electrons. The van der Waals surface area contributed by atoms with Gasteiger partial charge < -0.3 is 4.74 Å². The third kappa shape index (κ3) is 5.81. The van der Waals surface area contributed by atoms with Crippen molar-refractivity contribution in [3.05, 3.63) is 100 Å². The van der Waals surface area contributed by atoms with Crippen LogP contribution >= 0.6 is 0 Å². The molecule has 1 aliphatic carbocycles. The molecule has 3 aromatic rings. The lowest BCUT2D eigenvalue weighted by molar-refractivity contribution is 0.0993. The number of carbonyl (C=O) groups excluding carboxylic acids is 1. The number of fused-ring (bicyclic) bond motifs is 1. The van der Waals surface area contributed by atoms with E-state index in [0.717, 1.165) is 22.4 Å². The second-order valence-corrected chi connectivity index (χ2v) is 11.9. The molecule has 0 fully saturated rings. The van der Waals surface area contributed by atoms with E-state index in [4.69, 9.17) is 4.74 Å². The smallest absolute Gasteiger partial charge is 0.167 e. The third-order valence-corrected chi connectivity index (χ3v) is 7.58. The molecule has 36 heavy (non-hydrogen) atoms. The van der Waals surface area contributed by atoms with E-state index in [2.05, 4.69) is 58.9 Å². The summed E-state index contributed by atoms with van der Waals surface area (Å²) in [6.45, 7) is 15.7. The molecule has 4 rings (SSSR count). The first-order valence-electron chi connectivity index (χ1n) is 13.2. The summed E-state index contributed by atoms with van der Waals surface area (Å²) in [7, 11) is 0. The summed E-state index contributed by atoms with van der Waals surface area (Å²) < 4.78 is 5.69. The number of benzene rings is 3. The van der Waals surface area contributed by atoms with E-state index < -0.39 is 0 Å². The Labute approximate surface area is 217 Å². The predicted octanol–water partition coefficient (Wildman–Crippen LogP) is 8.81. The minimum absolute atomic E-state index is 0.124. The zero-order chi connectivity index (χ0) is 26.1. The first-order valence-corrected chi connectivity index (χ1v) is 13.2. The summed E-state index contributed by atoms with van der Waals surface area (Å²) in [5.74, 6) is 0.957. The van der Waals surface area contributed by atoms with E-state index in [1.54, 1.807) is 0 Å². The molecule has 0 saturated carbocycles. The summed E-state index contributed by atoms with van der Waals surface area (Å²) in [4.78, 5) is 12.8. The first kappa shape index (κ1) is 25.9. The van der Waals surface area contributed by atoms with Gasteiger partial charge >= 0.3 is 0 Å². The molecule has 0 radical (unpaired) electrons. The van der Waals surface area contributed by atoms with Gasteiger partial charge in [0, 0.05) is 12.0 Å². The highest BCUT2D eigenvalue weighted by Crippen LogP contribution is 2.46. The number of hydrogen-bond donors (Lipinski definition) is 0. The Balaban J connectivity index is 1.48. The van der Waals surface area contributed by atoms with E-state index in [-0.39, 0.29) is 22.7 Å². The minimum atomic E-state index is 0.124. The number of Topliss-reactive ketones (excluding diaryl/α,β-unsaturated/α-hetero) is 1. The molecule has 0 aliphatic heterocycles. The average Bonchev–Trinajstić information content (AvgIpc) is 2.83. The summed E-state index contributed by atoms with van der Waals surface area (Å²) >= 11 is 0. The van der Waals surface area contributed by atoms with Gasteiger partial charge in [0.2, 0.25) is 0 Å². The van der Waals surface area contributed by atoms with Crippen molar-refractivity contribution < 1.29 is 9.53 Å². The number of carbonyl (C=O) groups is 1. The number of ether oxygens (including phenoxy) is 1. The fourth-order valence-corrected chi connectivity index (χ4v) is 5.18. The fraction of sp³-hybridized carbons (Fsp3) is 0.382. The largest absolute Gasteiger partial charge is 0.491 e. The molecule has 0 heterocycles. The number of rotatable bonds is 7. The van der Waals surface area contributed by atoms with E-state index in [0.29, 0.717) is 6.42 Å². The van der Waals surface area contributed by atoms with Crippen molar-refractivity contribution in [1.29, 1.82) is 0 Å². The lowest BCUT2D eigenvalue weighted by Gasteiger charge is -2.42. The second-order valence-electron chi connectivity index (χ2n) is 11.9. The normalized spacial score (nSPS) is 16.5. The van der Waals surface area contributed by atoms with Crippen LogP contribution in [0.15, 0.2) is 66.7 Å². The SMILES string of the molecule is CC(=Cc1ccc(C(=O)Cc2ccc(OC(C)C)cc2)cc1)c1ccc2c(c1)C(C)(C)CCC2(C)C. The highest BCUT2D eigenvalue weighted by Gasteiger charge is 2.36. The quantitative estimate of drug-likeness (QED) is 0.249. The van der Waals surface area contributed by atoms with Crippen molar-refractivity contribution in [3.8, 4) is 5.75 Å². The molecule has 0 spiro atoms. The highest BCUT2D eigenvalue weighted by atomic mass is 16.5. The second kappa shape index (κ2) is 10.1. The van der Waals surface area contributed by atoms with Crippen LogP contribution in [0.5, 0.6) is 5.75 Å². The lowest BCUT2D eigenvalue weighted by atomic mass is 9.63. The van der Waals surface area contributed by atoms with Gasteiger partial charge in [-0.1, -0.05) is 88.4 Å². The summed E-state index contributed by atoms with van der Waals surface area (Å²) in [5.41, 5.74) is 8.74. The van der Waals surface area contributed by atoms with Gasteiger partial charge in [0.05, 0.1) is 6.10 Å². The summed E-state index contributed by atoms with van der Waals surface area (Å²) in [6.07, 6.45) is 5.18. The van der Waals surface area contributed by atoms with Gasteiger partial charge in [0.25, 0.3) is 0 Å². The van der Waals surface area contributed by atoms with Gasteiger partial charge in [-0.2, -0.15) is 0 Å². The predicted molar refractivity (Wildman–Crippen MR) is 152 cm³/mol. The van der Waals surface area contributed by atoms with Crippen molar-refractivity contribution in [3.63, 3.8) is 0 Å². The van der Waals surface area contributed by atoms with Gasteiger partial charge in [-0.15, -0.1) is 0 Å². The van der Waals surface area contributed by atoms with Gasteiger partial charge in [-0.25, -0.2) is 0 Å². The Kier molecular flexibility index (Phi) is 7.27. The number of ketones is 1. The van der Waals surface area contributed by atoms with E-state index in [1.165, 1.54) is 35.1 Å². The standard InChI is InChI=1S/C34H40O2/c1-23(2)36-29-15-10-26(11-16-29)21-32(35)27-12-8-25(9-13-27)20-24(3)28-14-17-30-31(22-28)34(6,7)19-18-33(30,4)5/h8-17,20,22-23H,18-19,21H2,1-7H3. The van der Waals surface area contributed by atoms with Crippen LogP contribution in [0.1, 0.15) is 99.5 Å². The maximum Gasteiger partial charge on any atom is 0.167 e. The molecule has 0 amide bonds. The molecule has 0 atom stereocenters. The maximum absolute atomic E-state index is 12.8. The minimum Gasteiger partial charge on any atom is -0.491 e. The van der Waals surface area contributed by atoms with Gasteiger partial charge in [-0.3, -0.25) is 4.79 Å². The molecular formula is C34H40O2. The summed E-state index contributed by atoms with van der Waals surface area (Å²) in [6, 6.07) is 22.8. The van der Waals surface area contributed by atoms with Crippen molar-refractivity contribution in [2.75, 3.05) is 0 Å².